The van der Waals surface area contributed by atoms with Crippen molar-refractivity contribution < 1.29 is 9.53 Å². The highest BCUT2D eigenvalue weighted by atomic mass is 32.2. The molecule has 1 fully saturated rings. The molecule has 0 saturated carbocycles. The van der Waals surface area contributed by atoms with Crippen LogP contribution in [-0.2, 0) is 9.53 Å². The maximum atomic E-state index is 11.7. The van der Waals surface area contributed by atoms with Gasteiger partial charge in [-0.2, -0.15) is 11.8 Å². The fourth-order valence-corrected chi connectivity index (χ4v) is 2.84. The van der Waals surface area contributed by atoms with Gasteiger partial charge in [0.25, 0.3) is 0 Å². The molecule has 0 aromatic heterocycles. The second-order valence-corrected chi connectivity index (χ2v) is 6.08. The average molecular weight is 301 g/mol. The maximum Gasteiger partial charge on any atom is 0.310 e. The molecule has 20 heavy (non-hydrogen) atoms. The number of likely N-dealkylation sites (tertiary alicyclic amines) is 1. The van der Waals surface area contributed by atoms with E-state index in [0.29, 0.717) is 12.5 Å². The van der Waals surface area contributed by atoms with Crippen LogP contribution in [0.2, 0.25) is 0 Å². The van der Waals surface area contributed by atoms with Crippen molar-refractivity contribution >= 4 is 23.7 Å². The number of esters is 1. The second-order valence-electron chi connectivity index (χ2n) is 5.09. The Bertz CT molecular complexity index is 336. The molecule has 2 atom stereocenters. The normalized spacial score (nSPS) is 23.0. The molecule has 2 unspecified atom stereocenters. The van der Waals surface area contributed by atoms with Crippen LogP contribution in [0.5, 0.6) is 0 Å². The number of carbonyl (C=O) groups is 1. The van der Waals surface area contributed by atoms with Crippen LogP contribution in [0.4, 0.5) is 0 Å². The Kier molecular flexibility index (Phi) is 7.80. The Morgan fingerprint density at radius 3 is 2.85 bits per heavy atom. The van der Waals surface area contributed by atoms with E-state index in [4.69, 9.17) is 4.74 Å². The number of ether oxygens (including phenoxy) is 1. The smallest absolute Gasteiger partial charge is 0.310 e. The van der Waals surface area contributed by atoms with Crippen molar-refractivity contribution in [3.63, 3.8) is 0 Å². The number of carbonyl (C=O) groups excluding carboxylic acids is 1. The van der Waals surface area contributed by atoms with Gasteiger partial charge in [-0.25, -0.2) is 0 Å². The molecule has 1 rings (SSSR count). The predicted octanol–water partition coefficient (Wildman–Crippen LogP) is 1.45. The Morgan fingerprint density at radius 2 is 2.25 bits per heavy atom. The fraction of sp³-hybridized carbons (Fsp3) is 0.857. The summed E-state index contributed by atoms with van der Waals surface area (Å²) in [5.74, 6) is 2.20. The summed E-state index contributed by atoms with van der Waals surface area (Å²) in [4.78, 5) is 18.6. The highest BCUT2D eigenvalue weighted by molar-refractivity contribution is 7.98. The molecule has 0 radical (unpaired) electrons. The Labute approximate surface area is 126 Å². The van der Waals surface area contributed by atoms with Gasteiger partial charge in [-0.3, -0.25) is 9.79 Å². The van der Waals surface area contributed by atoms with Crippen molar-refractivity contribution in [2.45, 2.75) is 20.3 Å². The third-order valence-electron chi connectivity index (χ3n) is 3.52. The number of guanidine groups is 1. The number of rotatable bonds is 6. The minimum absolute atomic E-state index is 0.0462. The monoisotopic (exact) mass is 301 g/mol. The van der Waals surface area contributed by atoms with E-state index in [1.54, 1.807) is 0 Å². The lowest BCUT2D eigenvalue weighted by atomic mass is 9.99. The van der Waals surface area contributed by atoms with Crippen molar-refractivity contribution in [3.05, 3.63) is 0 Å². The summed E-state index contributed by atoms with van der Waals surface area (Å²) >= 11 is 1.84. The lowest BCUT2D eigenvalue weighted by Crippen LogP contribution is -2.40. The minimum Gasteiger partial charge on any atom is -0.469 e. The largest absolute Gasteiger partial charge is 0.469 e. The molecule has 5 nitrogen and oxygen atoms in total. The molecular formula is C14H27N3O2S. The van der Waals surface area contributed by atoms with Gasteiger partial charge in [0.05, 0.1) is 13.0 Å². The Morgan fingerprint density at radius 1 is 1.50 bits per heavy atom. The van der Waals surface area contributed by atoms with Crippen molar-refractivity contribution in [3.8, 4) is 0 Å². The molecule has 0 amide bonds. The molecule has 0 bridgehead atoms. The highest BCUT2D eigenvalue weighted by Gasteiger charge is 2.36. The molecule has 1 N–H and O–H groups in total. The van der Waals surface area contributed by atoms with Crippen LogP contribution >= 0.6 is 11.8 Å². The molecule has 6 heteroatoms. The third kappa shape index (κ3) is 4.89. The number of aliphatic imine (C=N–C) groups is 1. The fourth-order valence-electron chi connectivity index (χ4n) is 2.42. The molecule has 0 aromatic rings. The first-order chi connectivity index (χ1) is 9.63. The third-order valence-corrected chi connectivity index (χ3v) is 4.22. The summed E-state index contributed by atoms with van der Waals surface area (Å²) in [6.07, 6.45) is 3.19. The first-order valence-corrected chi connectivity index (χ1v) is 8.63. The summed E-state index contributed by atoms with van der Waals surface area (Å²) in [6, 6.07) is 0. The number of hydrogen-bond acceptors (Lipinski definition) is 4. The van der Waals surface area contributed by atoms with Crippen LogP contribution < -0.4 is 5.32 Å². The molecule has 1 aliphatic rings. The van der Waals surface area contributed by atoms with E-state index >= 15 is 0 Å². The van der Waals surface area contributed by atoms with Crippen LogP contribution in [0.25, 0.3) is 0 Å². The first kappa shape index (κ1) is 17.1. The van der Waals surface area contributed by atoms with E-state index in [2.05, 4.69) is 35.3 Å². The predicted molar refractivity (Wildman–Crippen MR) is 85.2 cm³/mol. The zero-order valence-electron chi connectivity index (χ0n) is 13.0. The molecule has 1 aliphatic heterocycles. The molecule has 0 aromatic carbocycles. The summed E-state index contributed by atoms with van der Waals surface area (Å²) in [5, 5.41) is 3.32. The van der Waals surface area contributed by atoms with E-state index in [9.17, 15) is 4.79 Å². The Hall–Kier alpha value is -0.910. The molecule has 1 saturated heterocycles. The molecule has 0 spiro atoms. The van der Waals surface area contributed by atoms with E-state index in [0.717, 1.165) is 37.8 Å². The van der Waals surface area contributed by atoms with Gasteiger partial charge in [-0.15, -0.1) is 0 Å². The van der Waals surface area contributed by atoms with Gasteiger partial charge in [0.2, 0.25) is 0 Å². The van der Waals surface area contributed by atoms with E-state index < -0.39 is 0 Å². The van der Waals surface area contributed by atoms with Gasteiger partial charge >= 0.3 is 5.97 Å². The van der Waals surface area contributed by atoms with Crippen LogP contribution in [0.3, 0.4) is 0 Å². The van der Waals surface area contributed by atoms with E-state index in [1.165, 1.54) is 7.11 Å². The van der Waals surface area contributed by atoms with Gasteiger partial charge in [0.1, 0.15) is 0 Å². The van der Waals surface area contributed by atoms with E-state index in [-0.39, 0.29) is 11.9 Å². The maximum absolute atomic E-state index is 11.7. The van der Waals surface area contributed by atoms with Gasteiger partial charge < -0.3 is 15.0 Å². The zero-order valence-corrected chi connectivity index (χ0v) is 13.8. The minimum atomic E-state index is -0.113. The van der Waals surface area contributed by atoms with E-state index in [1.807, 2.05) is 11.8 Å². The zero-order chi connectivity index (χ0) is 15.0. The number of thioether (sulfide) groups is 1. The highest BCUT2D eigenvalue weighted by Crippen LogP contribution is 2.24. The van der Waals surface area contributed by atoms with Crippen LogP contribution in [0.15, 0.2) is 4.99 Å². The quantitative estimate of drug-likeness (QED) is 0.348. The number of nitrogens with zero attached hydrogens (tertiary/aromatic N) is 2. The average Bonchev–Trinajstić information content (AvgIpc) is 2.83. The van der Waals surface area contributed by atoms with Crippen LogP contribution in [0, 0.1) is 11.8 Å². The summed E-state index contributed by atoms with van der Waals surface area (Å²) in [6.45, 7) is 7.38. The van der Waals surface area contributed by atoms with Crippen LogP contribution in [-0.4, -0.2) is 62.1 Å². The summed E-state index contributed by atoms with van der Waals surface area (Å²) < 4.78 is 4.88. The lowest BCUT2D eigenvalue weighted by Gasteiger charge is -2.21. The van der Waals surface area contributed by atoms with Gasteiger partial charge in [0, 0.05) is 26.2 Å². The summed E-state index contributed by atoms with van der Waals surface area (Å²) in [7, 11) is 1.46. The number of hydrogen-bond donors (Lipinski definition) is 1. The molecule has 0 aliphatic carbocycles. The van der Waals surface area contributed by atoms with Gasteiger partial charge in [0.15, 0.2) is 5.96 Å². The topological polar surface area (TPSA) is 53.9 Å². The SMILES string of the molecule is CCNC(=NCCCSC)N1CC(C)C(C(=O)OC)C1. The number of methoxy groups -OCH3 is 1. The number of nitrogens with one attached hydrogen (secondary N) is 1. The van der Waals surface area contributed by atoms with Gasteiger partial charge in [-0.1, -0.05) is 6.92 Å². The standard InChI is InChI=1S/C14H27N3O2S/c1-5-15-14(16-7-6-8-20-4)17-9-11(2)12(10-17)13(18)19-3/h11-12H,5-10H2,1-4H3,(H,15,16). The lowest BCUT2D eigenvalue weighted by molar-refractivity contribution is -0.145. The first-order valence-electron chi connectivity index (χ1n) is 7.24. The van der Waals surface area contributed by atoms with Crippen molar-refractivity contribution in [1.29, 1.82) is 0 Å². The Balaban J connectivity index is 2.61. The van der Waals surface area contributed by atoms with Crippen molar-refractivity contribution in [1.82, 2.24) is 10.2 Å². The van der Waals surface area contributed by atoms with Crippen molar-refractivity contribution in [2.24, 2.45) is 16.8 Å². The van der Waals surface area contributed by atoms with Crippen LogP contribution in [0.1, 0.15) is 20.3 Å². The molecule has 116 valence electrons. The van der Waals surface area contributed by atoms with Crippen molar-refractivity contribution in [2.75, 3.05) is 45.3 Å². The molecule has 1 heterocycles. The summed E-state index contributed by atoms with van der Waals surface area (Å²) in [5.41, 5.74) is 0. The van der Waals surface area contributed by atoms with Gasteiger partial charge in [-0.05, 0) is 31.3 Å². The molecular weight excluding hydrogens is 274 g/mol. The second kappa shape index (κ2) is 9.10.